The molecule has 3 heterocycles. The van der Waals surface area contributed by atoms with Crippen LogP contribution in [0.2, 0.25) is 0 Å². The minimum Gasteiger partial charge on any atom is -0.336 e. The van der Waals surface area contributed by atoms with Crippen LogP contribution >= 0.6 is 0 Å². The number of nitrogens with zero attached hydrogens (tertiary/aromatic N) is 6. The van der Waals surface area contributed by atoms with Crippen LogP contribution in [0.4, 0.5) is 4.39 Å². The van der Waals surface area contributed by atoms with E-state index in [-0.39, 0.29) is 11.9 Å². The van der Waals surface area contributed by atoms with Crippen molar-refractivity contribution in [3.8, 4) is 11.6 Å². The lowest BCUT2D eigenvalue weighted by Crippen LogP contribution is -2.40. The second kappa shape index (κ2) is 6.66. The van der Waals surface area contributed by atoms with Crippen LogP contribution in [0.25, 0.3) is 11.6 Å². The predicted molar refractivity (Wildman–Crippen MR) is 88.6 cm³/mol. The first-order valence-electron chi connectivity index (χ1n) is 8.37. The predicted octanol–water partition coefficient (Wildman–Crippen LogP) is 2.25. The second-order valence-electron chi connectivity index (χ2n) is 6.29. The van der Waals surface area contributed by atoms with Gasteiger partial charge in [0, 0.05) is 18.7 Å². The summed E-state index contributed by atoms with van der Waals surface area (Å²) in [5.74, 6) is 0.249. The highest BCUT2D eigenvalue weighted by Gasteiger charge is 2.27. The Balaban J connectivity index is 1.50. The molecule has 134 valence electrons. The molecule has 0 spiro atoms. The second-order valence-corrected chi connectivity index (χ2v) is 6.29. The zero-order chi connectivity index (χ0) is 18.1. The van der Waals surface area contributed by atoms with Crippen molar-refractivity contribution in [1.29, 1.82) is 0 Å². The van der Waals surface area contributed by atoms with Crippen LogP contribution in [0.15, 0.2) is 35.0 Å². The molecular weight excluding hydrogens is 339 g/mol. The van der Waals surface area contributed by atoms with Gasteiger partial charge in [0.05, 0.1) is 12.2 Å². The van der Waals surface area contributed by atoms with E-state index in [9.17, 15) is 9.18 Å². The number of halogens is 1. The fraction of sp³-hybridized carbons (Fsp3) is 0.353. The number of carbonyl (C=O) groups is 1. The van der Waals surface area contributed by atoms with Crippen LogP contribution in [-0.2, 0) is 0 Å². The molecule has 2 aromatic heterocycles. The number of carbonyl (C=O) groups excluding carboxylic acids is 1. The third-order valence-electron chi connectivity index (χ3n) is 4.39. The highest BCUT2D eigenvalue weighted by Crippen LogP contribution is 2.24. The third-order valence-corrected chi connectivity index (χ3v) is 4.39. The molecule has 1 aliphatic heterocycles. The standard InChI is InChI=1S/C17H17FN6O2/c1-11-19-16(26-21-11)15-10-24(22-20-15)14-6-3-7-23(9-14)17(25)12-4-2-5-13(18)8-12/h2,4-5,8,10,14H,3,6-7,9H2,1H3. The lowest BCUT2D eigenvalue weighted by Gasteiger charge is -2.32. The number of aromatic nitrogens is 5. The topological polar surface area (TPSA) is 89.9 Å². The summed E-state index contributed by atoms with van der Waals surface area (Å²) < 4.78 is 20.2. The van der Waals surface area contributed by atoms with Crippen molar-refractivity contribution >= 4 is 5.91 Å². The number of aryl methyl sites for hydroxylation is 1. The molecule has 1 aliphatic rings. The molecule has 0 bridgehead atoms. The van der Waals surface area contributed by atoms with E-state index in [2.05, 4.69) is 20.5 Å². The molecule has 0 N–H and O–H groups in total. The van der Waals surface area contributed by atoms with Gasteiger partial charge in [-0.05, 0) is 38.0 Å². The van der Waals surface area contributed by atoms with E-state index in [1.54, 1.807) is 34.8 Å². The fourth-order valence-corrected chi connectivity index (χ4v) is 3.11. The van der Waals surface area contributed by atoms with Crippen molar-refractivity contribution in [2.24, 2.45) is 0 Å². The molecular formula is C17H17FN6O2. The summed E-state index contributed by atoms with van der Waals surface area (Å²) in [6.07, 6.45) is 3.45. The number of rotatable bonds is 3. The van der Waals surface area contributed by atoms with Crippen LogP contribution in [0, 0.1) is 12.7 Å². The summed E-state index contributed by atoms with van der Waals surface area (Å²) in [5, 5.41) is 12.0. The van der Waals surface area contributed by atoms with Gasteiger partial charge in [0.25, 0.3) is 11.8 Å². The van der Waals surface area contributed by atoms with E-state index in [1.165, 1.54) is 12.1 Å². The Kier molecular flexibility index (Phi) is 4.19. The maximum Gasteiger partial charge on any atom is 0.280 e. The molecule has 3 aromatic rings. The zero-order valence-corrected chi connectivity index (χ0v) is 14.2. The molecule has 0 aliphatic carbocycles. The lowest BCUT2D eigenvalue weighted by molar-refractivity contribution is 0.0671. The molecule has 1 saturated heterocycles. The molecule has 8 nitrogen and oxygen atoms in total. The zero-order valence-electron chi connectivity index (χ0n) is 14.2. The molecule has 0 saturated carbocycles. The van der Waals surface area contributed by atoms with Gasteiger partial charge in [-0.3, -0.25) is 4.79 Å². The largest absolute Gasteiger partial charge is 0.336 e. The number of likely N-dealkylation sites (tertiary alicyclic amines) is 1. The van der Waals surface area contributed by atoms with Crippen molar-refractivity contribution in [3.63, 3.8) is 0 Å². The van der Waals surface area contributed by atoms with Gasteiger partial charge in [0.2, 0.25) is 0 Å². The Labute approximate surface area is 148 Å². The Morgan fingerprint density at radius 3 is 3.04 bits per heavy atom. The van der Waals surface area contributed by atoms with E-state index in [4.69, 9.17) is 4.52 Å². The number of piperidine rings is 1. The lowest BCUT2D eigenvalue weighted by atomic mass is 10.0. The number of amides is 1. The Morgan fingerprint density at radius 1 is 1.38 bits per heavy atom. The molecule has 1 atom stereocenters. The first-order valence-corrected chi connectivity index (χ1v) is 8.37. The van der Waals surface area contributed by atoms with Gasteiger partial charge in [0.1, 0.15) is 5.82 Å². The van der Waals surface area contributed by atoms with Crippen molar-refractivity contribution < 1.29 is 13.7 Å². The van der Waals surface area contributed by atoms with Crippen LogP contribution in [0.3, 0.4) is 0 Å². The van der Waals surface area contributed by atoms with Crippen molar-refractivity contribution in [1.82, 2.24) is 30.0 Å². The Bertz CT molecular complexity index is 937. The van der Waals surface area contributed by atoms with Gasteiger partial charge >= 0.3 is 0 Å². The molecule has 9 heteroatoms. The van der Waals surface area contributed by atoms with Crippen molar-refractivity contribution in [3.05, 3.63) is 47.7 Å². The minimum atomic E-state index is -0.417. The van der Waals surface area contributed by atoms with Gasteiger partial charge < -0.3 is 9.42 Å². The summed E-state index contributed by atoms with van der Waals surface area (Å²) in [4.78, 5) is 18.5. The highest BCUT2D eigenvalue weighted by molar-refractivity contribution is 5.94. The van der Waals surface area contributed by atoms with Crippen molar-refractivity contribution in [2.75, 3.05) is 13.1 Å². The molecule has 26 heavy (non-hydrogen) atoms. The number of benzene rings is 1. The van der Waals surface area contributed by atoms with E-state index in [0.717, 1.165) is 12.8 Å². The third kappa shape index (κ3) is 3.19. The van der Waals surface area contributed by atoms with Crippen LogP contribution < -0.4 is 0 Å². The SMILES string of the molecule is Cc1noc(-c2cn(C3CCCN(C(=O)c4cccc(F)c4)C3)nn2)n1. The molecule has 0 radical (unpaired) electrons. The average molecular weight is 356 g/mol. The number of hydrogen-bond acceptors (Lipinski definition) is 6. The Morgan fingerprint density at radius 2 is 2.27 bits per heavy atom. The average Bonchev–Trinajstić information content (AvgIpc) is 3.30. The van der Waals surface area contributed by atoms with Gasteiger partial charge in [-0.25, -0.2) is 9.07 Å². The molecule has 4 rings (SSSR count). The molecule has 1 unspecified atom stereocenters. The maximum atomic E-state index is 13.4. The normalized spacial score (nSPS) is 17.5. The van der Waals surface area contributed by atoms with Crippen LogP contribution in [0.5, 0.6) is 0 Å². The van der Waals surface area contributed by atoms with Crippen molar-refractivity contribution in [2.45, 2.75) is 25.8 Å². The molecule has 1 aromatic carbocycles. The first-order chi connectivity index (χ1) is 12.6. The summed E-state index contributed by atoms with van der Waals surface area (Å²) in [6, 6.07) is 5.75. The smallest absolute Gasteiger partial charge is 0.280 e. The van der Waals surface area contributed by atoms with Gasteiger partial charge in [-0.2, -0.15) is 4.98 Å². The highest BCUT2D eigenvalue weighted by atomic mass is 19.1. The Hall–Kier alpha value is -3.10. The van der Waals surface area contributed by atoms with E-state index < -0.39 is 5.82 Å². The summed E-state index contributed by atoms with van der Waals surface area (Å²) in [5.41, 5.74) is 0.852. The fourth-order valence-electron chi connectivity index (χ4n) is 3.11. The van der Waals surface area contributed by atoms with E-state index in [0.29, 0.717) is 36.1 Å². The summed E-state index contributed by atoms with van der Waals surface area (Å²) in [7, 11) is 0. The van der Waals surface area contributed by atoms with Crippen LogP contribution in [0.1, 0.15) is 35.1 Å². The quantitative estimate of drug-likeness (QED) is 0.715. The van der Waals surface area contributed by atoms with E-state index in [1.807, 2.05) is 0 Å². The van der Waals surface area contributed by atoms with Gasteiger partial charge in [-0.1, -0.05) is 16.4 Å². The summed E-state index contributed by atoms with van der Waals surface area (Å²) in [6.45, 7) is 2.85. The van der Waals surface area contributed by atoms with Crippen LogP contribution in [-0.4, -0.2) is 49.0 Å². The maximum absolute atomic E-state index is 13.4. The molecule has 1 amide bonds. The summed E-state index contributed by atoms with van der Waals surface area (Å²) >= 11 is 0. The first kappa shape index (κ1) is 16.4. The van der Waals surface area contributed by atoms with Gasteiger partial charge in [-0.15, -0.1) is 5.10 Å². The monoisotopic (exact) mass is 356 g/mol. The minimum absolute atomic E-state index is 0.00784. The van der Waals surface area contributed by atoms with Gasteiger partial charge in [0.15, 0.2) is 11.5 Å². The van der Waals surface area contributed by atoms with E-state index >= 15 is 0 Å². The molecule has 1 fully saturated rings. The number of hydrogen-bond donors (Lipinski definition) is 0.